The monoisotopic (exact) mass is 452 g/mol. The Morgan fingerprint density at radius 2 is 2.06 bits per heavy atom. The van der Waals surface area contributed by atoms with E-state index in [4.69, 9.17) is 17.3 Å². The second kappa shape index (κ2) is 11.5. The fraction of sp³-hybridized carbons (Fsp3) is 0.429. The van der Waals surface area contributed by atoms with Crippen LogP contribution in [0.5, 0.6) is 0 Å². The molecule has 0 unspecified atom stereocenters. The molecule has 10 heteroatoms. The van der Waals surface area contributed by atoms with Crippen molar-refractivity contribution in [1.82, 2.24) is 16.0 Å². The molecule has 5 N–H and O–H groups in total. The maximum atomic E-state index is 13.8. The Morgan fingerprint density at radius 3 is 2.65 bits per heavy atom. The van der Waals surface area contributed by atoms with Gasteiger partial charge in [0.25, 0.3) is 0 Å². The standard InChI is InChI=1S/C21H26ClFN4O4/c1-2-3-16(26-18(28)7-5-12-4-6-14(22)11-15(12)23)21(31)27-17(19(24)29)10-13-8-9-25-20(13)30/h4-7,11,13,16-17H,2-3,8-10H2,1H3,(H2,24,29)(H,25,30)(H,26,28)(H,27,31)/b7-5+/t13-,16-,17-/m0/s1. The molecule has 0 aromatic heterocycles. The van der Waals surface area contributed by atoms with Crippen molar-refractivity contribution < 1.29 is 23.6 Å². The molecule has 1 aromatic carbocycles. The smallest absolute Gasteiger partial charge is 0.244 e. The zero-order valence-electron chi connectivity index (χ0n) is 17.1. The molecule has 1 saturated heterocycles. The quantitative estimate of drug-likeness (QED) is 0.398. The van der Waals surface area contributed by atoms with Gasteiger partial charge in [0.2, 0.25) is 23.6 Å². The summed E-state index contributed by atoms with van der Waals surface area (Å²) in [6.07, 6.45) is 3.93. The molecular weight excluding hydrogens is 427 g/mol. The van der Waals surface area contributed by atoms with Gasteiger partial charge in [-0.3, -0.25) is 19.2 Å². The maximum Gasteiger partial charge on any atom is 0.244 e. The van der Waals surface area contributed by atoms with Crippen LogP contribution in [-0.2, 0) is 19.2 Å². The van der Waals surface area contributed by atoms with E-state index >= 15 is 0 Å². The molecule has 31 heavy (non-hydrogen) atoms. The number of benzene rings is 1. The summed E-state index contributed by atoms with van der Waals surface area (Å²) in [6, 6.07) is 2.09. The summed E-state index contributed by atoms with van der Waals surface area (Å²) >= 11 is 5.70. The molecule has 168 valence electrons. The van der Waals surface area contributed by atoms with Crippen LogP contribution >= 0.6 is 11.6 Å². The molecule has 0 radical (unpaired) electrons. The van der Waals surface area contributed by atoms with E-state index in [1.54, 1.807) is 0 Å². The van der Waals surface area contributed by atoms with Crippen molar-refractivity contribution in [1.29, 1.82) is 0 Å². The molecule has 0 spiro atoms. The molecule has 1 aliphatic heterocycles. The maximum absolute atomic E-state index is 13.8. The van der Waals surface area contributed by atoms with E-state index < -0.39 is 41.5 Å². The lowest BCUT2D eigenvalue weighted by molar-refractivity contribution is -0.131. The van der Waals surface area contributed by atoms with Crippen LogP contribution in [0.15, 0.2) is 24.3 Å². The lowest BCUT2D eigenvalue weighted by Gasteiger charge is -2.22. The lowest BCUT2D eigenvalue weighted by atomic mass is 9.97. The summed E-state index contributed by atoms with van der Waals surface area (Å²) in [5.74, 6) is -3.11. The number of nitrogens with one attached hydrogen (secondary N) is 3. The first-order chi connectivity index (χ1) is 14.7. The van der Waals surface area contributed by atoms with Gasteiger partial charge in [0.15, 0.2) is 0 Å². The fourth-order valence-corrected chi connectivity index (χ4v) is 3.41. The molecule has 1 aliphatic rings. The van der Waals surface area contributed by atoms with Crippen molar-refractivity contribution in [3.63, 3.8) is 0 Å². The highest BCUT2D eigenvalue weighted by Crippen LogP contribution is 2.17. The summed E-state index contributed by atoms with van der Waals surface area (Å²) in [5, 5.41) is 7.99. The highest BCUT2D eigenvalue weighted by Gasteiger charge is 2.31. The molecule has 4 amide bonds. The first-order valence-corrected chi connectivity index (χ1v) is 10.4. The summed E-state index contributed by atoms with van der Waals surface area (Å²) in [7, 11) is 0. The number of rotatable bonds is 10. The van der Waals surface area contributed by atoms with Crippen LogP contribution in [0.2, 0.25) is 5.02 Å². The first kappa shape index (κ1) is 24.3. The molecule has 1 aromatic rings. The van der Waals surface area contributed by atoms with Crippen molar-refractivity contribution in [3.05, 3.63) is 40.7 Å². The van der Waals surface area contributed by atoms with Crippen molar-refractivity contribution in [3.8, 4) is 0 Å². The summed E-state index contributed by atoms with van der Waals surface area (Å²) in [6.45, 7) is 2.35. The van der Waals surface area contributed by atoms with Crippen LogP contribution in [0.3, 0.4) is 0 Å². The Kier molecular flexibility index (Phi) is 8.99. The normalized spacial score (nSPS) is 17.8. The summed E-state index contributed by atoms with van der Waals surface area (Å²) in [4.78, 5) is 48.5. The Balaban J connectivity index is 2.00. The van der Waals surface area contributed by atoms with Crippen molar-refractivity contribution >= 4 is 41.3 Å². The van der Waals surface area contributed by atoms with Crippen LogP contribution in [0.25, 0.3) is 6.08 Å². The number of hydrogen-bond acceptors (Lipinski definition) is 4. The molecule has 0 aliphatic carbocycles. The topological polar surface area (TPSA) is 130 Å². The van der Waals surface area contributed by atoms with E-state index in [9.17, 15) is 23.6 Å². The van der Waals surface area contributed by atoms with Gasteiger partial charge in [-0.2, -0.15) is 0 Å². The first-order valence-electron chi connectivity index (χ1n) is 10.0. The number of primary amides is 1. The van der Waals surface area contributed by atoms with Gasteiger partial charge in [0.05, 0.1) is 0 Å². The zero-order valence-corrected chi connectivity index (χ0v) is 17.9. The number of nitrogens with two attached hydrogens (primary N) is 1. The second-order valence-electron chi connectivity index (χ2n) is 7.32. The second-order valence-corrected chi connectivity index (χ2v) is 7.76. The Bertz CT molecular complexity index is 877. The van der Waals surface area contributed by atoms with Crippen LogP contribution < -0.4 is 21.7 Å². The van der Waals surface area contributed by atoms with Crippen molar-refractivity contribution in [2.45, 2.75) is 44.7 Å². The van der Waals surface area contributed by atoms with Gasteiger partial charge in [-0.25, -0.2) is 4.39 Å². The minimum Gasteiger partial charge on any atom is -0.368 e. The molecule has 8 nitrogen and oxygen atoms in total. The molecule has 3 atom stereocenters. The number of amides is 4. The number of hydrogen-bond donors (Lipinski definition) is 4. The predicted octanol–water partition coefficient (Wildman–Crippen LogP) is 1.27. The number of carbonyl (C=O) groups is 4. The SMILES string of the molecule is CCC[C@H](NC(=O)/C=C/c1ccc(Cl)cc1F)C(=O)N[C@@H](C[C@@H]1CCNC1=O)C(N)=O. The van der Waals surface area contributed by atoms with Crippen molar-refractivity contribution in [2.24, 2.45) is 11.7 Å². The van der Waals surface area contributed by atoms with Gasteiger partial charge in [0.1, 0.15) is 17.9 Å². The molecule has 0 bridgehead atoms. The fourth-order valence-electron chi connectivity index (χ4n) is 3.25. The van der Waals surface area contributed by atoms with E-state index in [1.807, 2.05) is 6.92 Å². The predicted molar refractivity (Wildman–Crippen MR) is 114 cm³/mol. The van der Waals surface area contributed by atoms with E-state index in [2.05, 4.69) is 16.0 Å². The van der Waals surface area contributed by atoms with E-state index in [1.165, 1.54) is 18.2 Å². The van der Waals surface area contributed by atoms with E-state index in [0.29, 0.717) is 25.8 Å². The number of halogens is 2. The van der Waals surface area contributed by atoms with E-state index in [-0.39, 0.29) is 22.9 Å². The van der Waals surface area contributed by atoms with Gasteiger partial charge in [-0.05, 0) is 37.5 Å². The lowest BCUT2D eigenvalue weighted by Crippen LogP contribution is -2.53. The van der Waals surface area contributed by atoms with Crippen LogP contribution in [0.1, 0.15) is 38.2 Å². The van der Waals surface area contributed by atoms with Gasteiger partial charge in [0, 0.05) is 29.1 Å². The van der Waals surface area contributed by atoms with Gasteiger partial charge in [-0.15, -0.1) is 0 Å². The third kappa shape index (κ3) is 7.36. The number of carbonyl (C=O) groups excluding carboxylic acids is 4. The highest BCUT2D eigenvalue weighted by molar-refractivity contribution is 6.30. The Labute approximate surface area is 184 Å². The zero-order chi connectivity index (χ0) is 23.0. The van der Waals surface area contributed by atoms with Gasteiger partial charge < -0.3 is 21.7 Å². The van der Waals surface area contributed by atoms with Crippen LogP contribution in [0, 0.1) is 11.7 Å². The van der Waals surface area contributed by atoms with E-state index in [0.717, 1.165) is 12.1 Å². The van der Waals surface area contributed by atoms with Gasteiger partial charge in [-0.1, -0.05) is 31.0 Å². The third-order valence-corrected chi connectivity index (χ3v) is 5.17. The van der Waals surface area contributed by atoms with Crippen LogP contribution in [0.4, 0.5) is 4.39 Å². The van der Waals surface area contributed by atoms with Crippen LogP contribution in [-0.4, -0.2) is 42.3 Å². The minimum absolute atomic E-state index is 0.0927. The van der Waals surface area contributed by atoms with Gasteiger partial charge >= 0.3 is 0 Å². The summed E-state index contributed by atoms with van der Waals surface area (Å²) < 4.78 is 13.8. The van der Waals surface area contributed by atoms with Crippen molar-refractivity contribution in [2.75, 3.05) is 6.54 Å². The molecular formula is C21H26ClFN4O4. The average molecular weight is 453 g/mol. The highest BCUT2D eigenvalue weighted by atomic mass is 35.5. The average Bonchev–Trinajstić information content (AvgIpc) is 3.10. The third-order valence-electron chi connectivity index (χ3n) is 4.93. The Morgan fingerprint density at radius 1 is 1.32 bits per heavy atom. The Hall–Kier alpha value is -2.94. The molecule has 2 rings (SSSR count). The molecule has 0 saturated carbocycles. The minimum atomic E-state index is -1.03. The molecule has 1 heterocycles. The largest absolute Gasteiger partial charge is 0.368 e. The molecule has 1 fully saturated rings. The summed E-state index contributed by atoms with van der Waals surface area (Å²) in [5.41, 5.74) is 5.56.